The molecule has 0 unspecified atom stereocenters. The molecule has 17 heavy (non-hydrogen) atoms. The van der Waals surface area contributed by atoms with Crippen LogP contribution in [0.3, 0.4) is 0 Å². The first-order valence-corrected chi connectivity index (χ1v) is 5.59. The van der Waals surface area contributed by atoms with Crippen molar-refractivity contribution in [1.82, 2.24) is 15.5 Å². The number of carbonyl (C=O) groups excluding carboxylic acids is 2. The molecular formula is C12H15N3O2. The number of rotatable bonds is 2. The summed E-state index contributed by atoms with van der Waals surface area (Å²) in [6.07, 6.45) is 0. The van der Waals surface area contributed by atoms with Crippen molar-refractivity contribution < 1.29 is 9.59 Å². The molecule has 5 heteroatoms. The summed E-state index contributed by atoms with van der Waals surface area (Å²) in [4.78, 5) is 24.3. The van der Waals surface area contributed by atoms with Crippen LogP contribution in [0.2, 0.25) is 0 Å². The number of amides is 4. The Labute approximate surface area is 99.8 Å². The molecular weight excluding hydrogens is 218 g/mol. The SMILES string of the molecule is C[C@@H](NC(=O)N1CCNC1=O)c1ccccc1. The van der Waals surface area contributed by atoms with Gasteiger partial charge in [-0.15, -0.1) is 0 Å². The first-order valence-electron chi connectivity index (χ1n) is 5.59. The van der Waals surface area contributed by atoms with Crippen molar-refractivity contribution >= 4 is 12.1 Å². The lowest BCUT2D eigenvalue weighted by atomic mass is 10.1. The fourth-order valence-electron chi connectivity index (χ4n) is 1.75. The van der Waals surface area contributed by atoms with Gasteiger partial charge in [-0.05, 0) is 12.5 Å². The maximum Gasteiger partial charge on any atom is 0.326 e. The van der Waals surface area contributed by atoms with Gasteiger partial charge in [0.1, 0.15) is 0 Å². The van der Waals surface area contributed by atoms with Gasteiger partial charge in [0, 0.05) is 13.1 Å². The topological polar surface area (TPSA) is 61.4 Å². The van der Waals surface area contributed by atoms with E-state index in [0.29, 0.717) is 13.1 Å². The van der Waals surface area contributed by atoms with Crippen LogP contribution in [0.15, 0.2) is 30.3 Å². The summed E-state index contributed by atoms with van der Waals surface area (Å²) in [5.74, 6) is 0. The smallest absolute Gasteiger partial charge is 0.326 e. The largest absolute Gasteiger partial charge is 0.336 e. The predicted octanol–water partition coefficient (Wildman–Crippen LogP) is 1.48. The van der Waals surface area contributed by atoms with Crippen molar-refractivity contribution in [2.75, 3.05) is 13.1 Å². The molecule has 90 valence electrons. The zero-order valence-corrected chi connectivity index (χ0v) is 9.64. The first kappa shape index (κ1) is 11.4. The van der Waals surface area contributed by atoms with E-state index in [4.69, 9.17) is 0 Å². The summed E-state index contributed by atoms with van der Waals surface area (Å²) < 4.78 is 0. The highest BCUT2D eigenvalue weighted by molar-refractivity contribution is 5.95. The quantitative estimate of drug-likeness (QED) is 0.812. The van der Waals surface area contributed by atoms with Gasteiger partial charge < -0.3 is 10.6 Å². The van der Waals surface area contributed by atoms with E-state index in [2.05, 4.69) is 10.6 Å². The van der Waals surface area contributed by atoms with Gasteiger partial charge in [0.2, 0.25) is 0 Å². The Bertz CT molecular complexity index is 419. The molecule has 1 aromatic carbocycles. The Morgan fingerprint density at radius 3 is 2.71 bits per heavy atom. The Kier molecular flexibility index (Phi) is 3.27. The minimum atomic E-state index is -0.351. The molecule has 1 aliphatic rings. The third-order valence-corrected chi connectivity index (χ3v) is 2.74. The van der Waals surface area contributed by atoms with Crippen LogP contribution in [0, 0.1) is 0 Å². The number of nitrogens with one attached hydrogen (secondary N) is 2. The summed E-state index contributed by atoms with van der Waals surface area (Å²) >= 11 is 0. The van der Waals surface area contributed by atoms with Crippen molar-refractivity contribution in [1.29, 1.82) is 0 Å². The van der Waals surface area contributed by atoms with Gasteiger partial charge in [-0.1, -0.05) is 30.3 Å². The minimum absolute atomic E-state index is 0.114. The first-order chi connectivity index (χ1) is 8.18. The van der Waals surface area contributed by atoms with Crippen molar-refractivity contribution in [3.8, 4) is 0 Å². The summed E-state index contributed by atoms with van der Waals surface area (Å²) in [5, 5.41) is 5.38. The van der Waals surface area contributed by atoms with Crippen molar-refractivity contribution in [2.45, 2.75) is 13.0 Å². The normalized spacial score (nSPS) is 16.5. The molecule has 2 N–H and O–H groups in total. The van der Waals surface area contributed by atoms with Gasteiger partial charge >= 0.3 is 12.1 Å². The molecule has 1 saturated heterocycles. The highest BCUT2D eigenvalue weighted by atomic mass is 16.2. The molecule has 1 fully saturated rings. The maximum atomic E-state index is 11.8. The second-order valence-corrected chi connectivity index (χ2v) is 3.97. The van der Waals surface area contributed by atoms with Crippen LogP contribution in [0.1, 0.15) is 18.5 Å². The third-order valence-electron chi connectivity index (χ3n) is 2.74. The minimum Gasteiger partial charge on any atom is -0.336 e. The van der Waals surface area contributed by atoms with Crippen LogP contribution >= 0.6 is 0 Å². The zero-order chi connectivity index (χ0) is 12.3. The molecule has 0 aliphatic carbocycles. The van der Waals surface area contributed by atoms with Gasteiger partial charge in [-0.3, -0.25) is 0 Å². The van der Waals surface area contributed by atoms with E-state index in [1.165, 1.54) is 4.90 Å². The average molecular weight is 233 g/mol. The Morgan fingerprint density at radius 2 is 2.12 bits per heavy atom. The van der Waals surface area contributed by atoms with Crippen molar-refractivity contribution in [3.63, 3.8) is 0 Å². The molecule has 0 aromatic heterocycles. The predicted molar refractivity (Wildman–Crippen MR) is 63.5 cm³/mol. The monoisotopic (exact) mass is 233 g/mol. The Hall–Kier alpha value is -2.04. The van der Waals surface area contributed by atoms with E-state index in [9.17, 15) is 9.59 Å². The van der Waals surface area contributed by atoms with Gasteiger partial charge in [-0.25, -0.2) is 14.5 Å². The fraction of sp³-hybridized carbons (Fsp3) is 0.333. The highest BCUT2D eigenvalue weighted by Gasteiger charge is 2.26. The van der Waals surface area contributed by atoms with Crippen LogP contribution in [0.4, 0.5) is 9.59 Å². The summed E-state index contributed by atoms with van der Waals surface area (Å²) in [6, 6.07) is 8.84. The molecule has 1 aliphatic heterocycles. The van der Waals surface area contributed by atoms with Gasteiger partial charge in [-0.2, -0.15) is 0 Å². The number of nitrogens with zero attached hydrogens (tertiary/aromatic N) is 1. The Balaban J connectivity index is 1.97. The highest BCUT2D eigenvalue weighted by Crippen LogP contribution is 2.12. The molecule has 5 nitrogen and oxygen atoms in total. The molecule has 1 aromatic rings. The van der Waals surface area contributed by atoms with Crippen molar-refractivity contribution in [2.24, 2.45) is 0 Å². The number of urea groups is 2. The van der Waals surface area contributed by atoms with Crippen LogP contribution in [-0.4, -0.2) is 30.1 Å². The fourth-order valence-corrected chi connectivity index (χ4v) is 1.75. The van der Waals surface area contributed by atoms with Crippen LogP contribution in [0.25, 0.3) is 0 Å². The average Bonchev–Trinajstić information content (AvgIpc) is 2.76. The molecule has 1 atom stereocenters. The summed E-state index contributed by atoms with van der Waals surface area (Å²) in [5.41, 5.74) is 1.01. The van der Waals surface area contributed by atoms with Crippen LogP contribution < -0.4 is 10.6 Å². The molecule has 0 bridgehead atoms. The van der Waals surface area contributed by atoms with E-state index in [1.54, 1.807) is 0 Å². The summed E-state index contributed by atoms with van der Waals surface area (Å²) in [6.45, 7) is 2.83. The van der Waals surface area contributed by atoms with Crippen LogP contribution in [0.5, 0.6) is 0 Å². The second-order valence-electron chi connectivity index (χ2n) is 3.97. The lowest BCUT2D eigenvalue weighted by molar-refractivity contribution is 0.196. The van der Waals surface area contributed by atoms with E-state index in [1.807, 2.05) is 37.3 Å². The number of benzene rings is 1. The number of carbonyl (C=O) groups is 2. The van der Waals surface area contributed by atoms with Gasteiger partial charge in [0.15, 0.2) is 0 Å². The zero-order valence-electron chi connectivity index (χ0n) is 9.64. The van der Waals surface area contributed by atoms with E-state index >= 15 is 0 Å². The molecule has 0 saturated carbocycles. The number of imide groups is 1. The molecule has 2 rings (SSSR count). The standard InChI is InChI=1S/C12H15N3O2/c1-9(10-5-3-2-4-6-10)14-12(17)15-8-7-13-11(15)16/h2-6,9H,7-8H2,1H3,(H,13,16)(H,14,17)/t9-/m1/s1. The Morgan fingerprint density at radius 1 is 1.41 bits per heavy atom. The van der Waals surface area contributed by atoms with E-state index < -0.39 is 0 Å². The lowest BCUT2D eigenvalue weighted by Gasteiger charge is -2.18. The molecule has 1 heterocycles. The van der Waals surface area contributed by atoms with Gasteiger partial charge in [0.05, 0.1) is 6.04 Å². The maximum absolute atomic E-state index is 11.8. The number of hydrogen-bond acceptors (Lipinski definition) is 2. The second kappa shape index (κ2) is 4.86. The van der Waals surface area contributed by atoms with Crippen molar-refractivity contribution in [3.05, 3.63) is 35.9 Å². The summed E-state index contributed by atoms with van der Waals surface area (Å²) in [7, 11) is 0. The third kappa shape index (κ3) is 2.55. The van der Waals surface area contributed by atoms with Crippen LogP contribution in [-0.2, 0) is 0 Å². The molecule has 0 spiro atoms. The van der Waals surface area contributed by atoms with E-state index in [0.717, 1.165) is 5.56 Å². The molecule has 0 radical (unpaired) electrons. The molecule has 4 amide bonds. The number of hydrogen-bond donors (Lipinski definition) is 2. The lowest BCUT2D eigenvalue weighted by Crippen LogP contribution is -2.42. The van der Waals surface area contributed by atoms with Gasteiger partial charge in [0.25, 0.3) is 0 Å². The van der Waals surface area contributed by atoms with E-state index in [-0.39, 0.29) is 18.1 Å².